The molecule has 0 aliphatic heterocycles. The number of ether oxygens (including phenoxy) is 1. The van der Waals surface area contributed by atoms with Gasteiger partial charge in [0.25, 0.3) is 0 Å². The number of alkyl halides is 3. The minimum Gasteiger partial charge on any atom is -0.469 e. The van der Waals surface area contributed by atoms with Crippen LogP contribution in [0.15, 0.2) is 0 Å². The molecule has 0 bridgehead atoms. The third-order valence-corrected chi connectivity index (χ3v) is 3.45. The summed E-state index contributed by atoms with van der Waals surface area (Å²) in [5.74, 6) is 0.121. The zero-order valence-corrected chi connectivity index (χ0v) is 10.1. The lowest BCUT2D eigenvalue weighted by molar-refractivity contribution is -0.146. The van der Waals surface area contributed by atoms with Crippen molar-refractivity contribution in [2.24, 2.45) is 11.8 Å². The van der Waals surface area contributed by atoms with Gasteiger partial charge in [-0.25, -0.2) is 0 Å². The molecule has 0 amide bonds. The van der Waals surface area contributed by atoms with Crippen LogP contribution < -0.4 is 0 Å². The molecule has 0 atom stereocenters. The summed E-state index contributed by atoms with van der Waals surface area (Å²) in [6, 6.07) is 0. The first-order valence-electron chi connectivity index (χ1n) is 6.07. The molecule has 1 aliphatic carbocycles. The molecule has 0 spiro atoms. The fourth-order valence-corrected chi connectivity index (χ4v) is 2.44. The first-order chi connectivity index (χ1) is 7.92. The predicted octanol–water partition coefficient (Wildman–Crippen LogP) is 3.70. The van der Waals surface area contributed by atoms with E-state index in [1.54, 1.807) is 0 Å². The van der Waals surface area contributed by atoms with Gasteiger partial charge in [-0.1, -0.05) is 6.42 Å². The molecule has 0 aromatic heterocycles. The number of rotatable bonds is 4. The Balaban J connectivity index is 2.17. The number of methoxy groups -OCH3 is 1. The van der Waals surface area contributed by atoms with Crippen LogP contribution in [0, 0.1) is 11.8 Å². The van der Waals surface area contributed by atoms with E-state index in [1.807, 2.05) is 0 Å². The van der Waals surface area contributed by atoms with Gasteiger partial charge in [0.2, 0.25) is 0 Å². The van der Waals surface area contributed by atoms with Crippen LogP contribution in [0.4, 0.5) is 13.2 Å². The molecule has 0 N–H and O–H groups in total. The third-order valence-electron chi connectivity index (χ3n) is 3.45. The highest BCUT2D eigenvalue weighted by Gasteiger charge is 2.29. The summed E-state index contributed by atoms with van der Waals surface area (Å²) in [6.45, 7) is 0. The van der Waals surface area contributed by atoms with Crippen LogP contribution in [-0.2, 0) is 9.53 Å². The van der Waals surface area contributed by atoms with Crippen LogP contribution in [0.2, 0.25) is 0 Å². The van der Waals surface area contributed by atoms with E-state index in [0.29, 0.717) is 12.3 Å². The van der Waals surface area contributed by atoms with Crippen molar-refractivity contribution < 1.29 is 22.7 Å². The summed E-state index contributed by atoms with van der Waals surface area (Å²) in [5.41, 5.74) is 0. The lowest BCUT2D eigenvalue weighted by Crippen LogP contribution is -2.23. The molecule has 1 aliphatic rings. The zero-order valence-electron chi connectivity index (χ0n) is 10.1. The molecule has 17 heavy (non-hydrogen) atoms. The summed E-state index contributed by atoms with van der Waals surface area (Å²) in [5, 5.41) is 0. The standard InChI is InChI=1S/C12H19F3O2/c1-17-11(16)10-6-4-9(5-7-10)3-2-8-12(13,14)15/h9-10H,2-8H2,1H3. The molecule has 0 aromatic rings. The van der Waals surface area contributed by atoms with Crippen LogP contribution in [0.3, 0.4) is 0 Å². The topological polar surface area (TPSA) is 26.3 Å². The van der Waals surface area contributed by atoms with E-state index in [1.165, 1.54) is 7.11 Å². The van der Waals surface area contributed by atoms with Crippen LogP contribution in [0.1, 0.15) is 44.9 Å². The Labute approximate surface area is 99.5 Å². The molecule has 0 heterocycles. The summed E-state index contributed by atoms with van der Waals surface area (Å²) < 4.78 is 40.6. The van der Waals surface area contributed by atoms with Crippen molar-refractivity contribution in [3.8, 4) is 0 Å². The van der Waals surface area contributed by atoms with Gasteiger partial charge in [-0.05, 0) is 38.0 Å². The molecule has 5 heteroatoms. The number of hydrogen-bond acceptors (Lipinski definition) is 2. The Morgan fingerprint density at radius 2 is 1.82 bits per heavy atom. The van der Waals surface area contributed by atoms with Crippen molar-refractivity contribution in [1.29, 1.82) is 0 Å². The Hall–Kier alpha value is -0.740. The quantitative estimate of drug-likeness (QED) is 0.713. The number of esters is 1. The van der Waals surface area contributed by atoms with Gasteiger partial charge in [-0.2, -0.15) is 13.2 Å². The maximum Gasteiger partial charge on any atom is 0.389 e. The van der Waals surface area contributed by atoms with Gasteiger partial charge in [-0.3, -0.25) is 4.79 Å². The van der Waals surface area contributed by atoms with Crippen LogP contribution in [-0.4, -0.2) is 19.3 Å². The van der Waals surface area contributed by atoms with Gasteiger partial charge in [0.05, 0.1) is 13.0 Å². The van der Waals surface area contributed by atoms with E-state index >= 15 is 0 Å². The number of carbonyl (C=O) groups is 1. The summed E-state index contributed by atoms with van der Waals surface area (Å²) in [4.78, 5) is 11.2. The first-order valence-corrected chi connectivity index (χ1v) is 6.07. The maximum absolute atomic E-state index is 12.0. The normalized spacial score (nSPS) is 25.6. The van der Waals surface area contributed by atoms with Crippen molar-refractivity contribution in [3.05, 3.63) is 0 Å². The number of hydrogen-bond donors (Lipinski definition) is 0. The lowest BCUT2D eigenvalue weighted by atomic mass is 9.80. The molecule has 0 unspecified atom stereocenters. The molecule has 0 saturated heterocycles. The number of carbonyl (C=O) groups excluding carboxylic acids is 1. The van der Waals surface area contributed by atoms with E-state index in [2.05, 4.69) is 4.74 Å². The average molecular weight is 252 g/mol. The highest BCUT2D eigenvalue weighted by Crippen LogP contribution is 2.33. The second-order valence-electron chi connectivity index (χ2n) is 4.75. The molecule has 2 nitrogen and oxygen atoms in total. The third kappa shape index (κ3) is 5.41. The SMILES string of the molecule is COC(=O)C1CCC(CCCC(F)(F)F)CC1. The highest BCUT2D eigenvalue weighted by molar-refractivity contribution is 5.72. The van der Waals surface area contributed by atoms with E-state index in [9.17, 15) is 18.0 Å². The van der Waals surface area contributed by atoms with Crippen molar-refractivity contribution in [1.82, 2.24) is 0 Å². The van der Waals surface area contributed by atoms with E-state index < -0.39 is 12.6 Å². The predicted molar refractivity (Wildman–Crippen MR) is 57.4 cm³/mol. The fraction of sp³-hybridized carbons (Fsp3) is 0.917. The van der Waals surface area contributed by atoms with Crippen LogP contribution in [0.5, 0.6) is 0 Å². The molecule has 1 saturated carbocycles. The van der Waals surface area contributed by atoms with Crippen molar-refractivity contribution in [3.63, 3.8) is 0 Å². The van der Waals surface area contributed by atoms with Gasteiger partial charge in [-0.15, -0.1) is 0 Å². The van der Waals surface area contributed by atoms with Gasteiger partial charge < -0.3 is 4.74 Å². The first kappa shape index (κ1) is 14.3. The molecule has 0 radical (unpaired) electrons. The highest BCUT2D eigenvalue weighted by atomic mass is 19.4. The second kappa shape index (κ2) is 6.26. The van der Waals surface area contributed by atoms with Crippen molar-refractivity contribution >= 4 is 5.97 Å². The monoisotopic (exact) mass is 252 g/mol. The van der Waals surface area contributed by atoms with Gasteiger partial charge in [0.1, 0.15) is 0 Å². The second-order valence-corrected chi connectivity index (χ2v) is 4.75. The van der Waals surface area contributed by atoms with Gasteiger partial charge >= 0.3 is 12.1 Å². The molecule has 0 aromatic carbocycles. The van der Waals surface area contributed by atoms with E-state index in [0.717, 1.165) is 25.7 Å². The Bertz CT molecular complexity index is 243. The largest absolute Gasteiger partial charge is 0.469 e. The average Bonchev–Trinajstić information content (AvgIpc) is 2.27. The minimum absolute atomic E-state index is 0.0427. The number of halogens is 3. The summed E-state index contributed by atoms with van der Waals surface area (Å²) >= 11 is 0. The van der Waals surface area contributed by atoms with Crippen LogP contribution in [0.25, 0.3) is 0 Å². The Morgan fingerprint density at radius 3 is 2.29 bits per heavy atom. The lowest BCUT2D eigenvalue weighted by Gasteiger charge is -2.26. The van der Waals surface area contributed by atoms with E-state index in [-0.39, 0.29) is 18.3 Å². The summed E-state index contributed by atoms with van der Waals surface area (Å²) in [6.07, 6.45) is -0.709. The fourth-order valence-electron chi connectivity index (χ4n) is 2.44. The molecule has 100 valence electrons. The maximum atomic E-state index is 12.0. The molecular formula is C12H19F3O2. The van der Waals surface area contributed by atoms with Crippen molar-refractivity contribution in [2.45, 2.75) is 51.1 Å². The Kier molecular flexibility index (Phi) is 5.28. The molecular weight excluding hydrogens is 233 g/mol. The minimum atomic E-state index is -4.04. The van der Waals surface area contributed by atoms with E-state index in [4.69, 9.17) is 0 Å². The Morgan fingerprint density at radius 1 is 1.24 bits per heavy atom. The summed E-state index contributed by atoms with van der Waals surface area (Å²) in [7, 11) is 1.37. The van der Waals surface area contributed by atoms with Gasteiger partial charge in [0, 0.05) is 6.42 Å². The van der Waals surface area contributed by atoms with Crippen molar-refractivity contribution in [2.75, 3.05) is 7.11 Å². The molecule has 1 fully saturated rings. The molecule has 1 rings (SSSR count). The zero-order chi connectivity index (χ0) is 12.9. The van der Waals surface area contributed by atoms with Crippen LogP contribution >= 0.6 is 0 Å². The van der Waals surface area contributed by atoms with Gasteiger partial charge in [0.15, 0.2) is 0 Å². The smallest absolute Gasteiger partial charge is 0.389 e.